The Morgan fingerprint density at radius 1 is 1.16 bits per heavy atom. The standard InChI is InChI=1S/C17H26ClN/c1-14(9-12-19)13-17(10-3-2-4-11-17)15-5-7-16(18)8-6-15/h5-8,14H,2-4,9-13,19H2,1H3. The van der Waals surface area contributed by atoms with Gasteiger partial charge in [0.2, 0.25) is 0 Å². The van der Waals surface area contributed by atoms with Crippen molar-refractivity contribution in [3.05, 3.63) is 34.9 Å². The van der Waals surface area contributed by atoms with Crippen molar-refractivity contribution in [3.8, 4) is 0 Å². The van der Waals surface area contributed by atoms with E-state index in [0.717, 1.165) is 18.0 Å². The molecule has 2 heteroatoms. The van der Waals surface area contributed by atoms with Crippen LogP contribution in [0.5, 0.6) is 0 Å². The third kappa shape index (κ3) is 3.73. The van der Waals surface area contributed by atoms with Gasteiger partial charge in [0, 0.05) is 5.02 Å². The molecule has 1 unspecified atom stereocenters. The van der Waals surface area contributed by atoms with Gasteiger partial charge in [-0.1, -0.05) is 49.9 Å². The summed E-state index contributed by atoms with van der Waals surface area (Å²) in [5.41, 5.74) is 7.58. The zero-order valence-electron chi connectivity index (χ0n) is 12.0. The monoisotopic (exact) mass is 279 g/mol. The van der Waals surface area contributed by atoms with E-state index in [0.29, 0.717) is 11.3 Å². The molecule has 1 aliphatic carbocycles. The van der Waals surface area contributed by atoms with Gasteiger partial charge in [0.15, 0.2) is 0 Å². The van der Waals surface area contributed by atoms with Crippen LogP contribution in [-0.2, 0) is 5.41 Å². The van der Waals surface area contributed by atoms with Gasteiger partial charge in [-0.05, 0) is 61.3 Å². The van der Waals surface area contributed by atoms with Crippen LogP contribution in [0.3, 0.4) is 0 Å². The number of hydrogen-bond donors (Lipinski definition) is 1. The maximum Gasteiger partial charge on any atom is 0.0406 e. The maximum absolute atomic E-state index is 6.03. The molecule has 2 N–H and O–H groups in total. The lowest BCUT2D eigenvalue weighted by atomic mass is 9.65. The van der Waals surface area contributed by atoms with Crippen molar-refractivity contribution < 1.29 is 0 Å². The molecular formula is C17H26ClN. The topological polar surface area (TPSA) is 26.0 Å². The first-order chi connectivity index (χ1) is 9.16. The summed E-state index contributed by atoms with van der Waals surface area (Å²) in [6, 6.07) is 8.56. The molecule has 1 atom stereocenters. The summed E-state index contributed by atoms with van der Waals surface area (Å²) in [5.74, 6) is 0.707. The van der Waals surface area contributed by atoms with E-state index in [1.807, 2.05) is 12.1 Å². The fourth-order valence-electron chi connectivity index (χ4n) is 3.70. The molecule has 1 aromatic rings. The highest BCUT2D eigenvalue weighted by atomic mass is 35.5. The van der Waals surface area contributed by atoms with Crippen molar-refractivity contribution in [2.24, 2.45) is 11.7 Å². The lowest BCUT2D eigenvalue weighted by Crippen LogP contribution is -2.31. The van der Waals surface area contributed by atoms with Crippen molar-refractivity contribution in [1.82, 2.24) is 0 Å². The quantitative estimate of drug-likeness (QED) is 0.814. The van der Waals surface area contributed by atoms with E-state index in [-0.39, 0.29) is 0 Å². The van der Waals surface area contributed by atoms with Crippen LogP contribution in [0.4, 0.5) is 0 Å². The van der Waals surface area contributed by atoms with E-state index in [1.165, 1.54) is 44.1 Å². The Bertz CT molecular complexity index is 379. The molecule has 2 rings (SSSR count). The first-order valence-corrected chi connectivity index (χ1v) is 8.00. The molecule has 1 nitrogen and oxygen atoms in total. The molecule has 1 fully saturated rings. The summed E-state index contributed by atoms with van der Waals surface area (Å²) in [6.45, 7) is 3.15. The van der Waals surface area contributed by atoms with Gasteiger partial charge in [0.1, 0.15) is 0 Å². The lowest BCUT2D eigenvalue weighted by Gasteiger charge is -2.40. The third-order valence-corrected chi connectivity index (χ3v) is 4.92. The zero-order valence-corrected chi connectivity index (χ0v) is 12.8. The minimum absolute atomic E-state index is 0.372. The fraction of sp³-hybridized carbons (Fsp3) is 0.647. The molecule has 0 aliphatic heterocycles. The molecule has 1 saturated carbocycles. The summed E-state index contributed by atoms with van der Waals surface area (Å²) in [5, 5.41) is 0.838. The highest BCUT2D eigenvalue weighted by Gasteiger charge is 2.34. The van der Waals surface area contributed by atoms with Crippen LogP contribution in [0.2, 0.25) is 5.02 Å². The van der Waals surface area contributed by atoms with Gasteiger partial charge in [-0.25, -0.2) is 0 Å². The van der Waals surface area contributed by atoms with Crippen molar-refractivity contribution in [1.29, 1.82) is 0 Å². The second kappa shape index (κ2) is 6.76. The number of halogens is 1. The Balaban J connectivity index is 2.20. The molecule has 106 valence electrons. The number of rotatable bonds is 5. The Morgan fingerprint density at radius 2 is 1.79 bits per heavy atom. The van der Waals surface area contributed by atoms with E-state index >= 15 is 0 Å². The van der Waals surface area contributed by atoms with Gasteiger partial charge in [0.25, 0.3) is 0 Å². The normalized spacial score (nSPS) is 20.2. The van der Waals surface area contributed by atoms with Crippen molar-refractivity contribution in [2.45, 2.75) is 57.3 Å². The Morgan fingerprint density at radius 3 is 2.37 bits per heavy atom. The summed E-state index contributed by atoms with van der Waals surface area (Å²) < 4.78 is 0. The number of nitrogens with two attached hydrogens (primary N) is 1. The smallest absolute Gasteiger partial charge is 0.0406 e. The van der Waals surface area contributed by atoms with Gasteiger partial charge in [-0.15, -0.1) is 0 Å². The van der Waals surface area contributed by atoms with E-state index in [1.54, 1.807) is 0 Å². The van der Waals surface area contributed by atoms with E-state index in [2.05, 4.69) is 19.1 Å². The maximum atomic E-state index is 6.03. The average molecular weight is 280 g/mol. The van der Waals surface area contributed by atoms with Crippen LogP contribution in [0.1, 0.15) is 57.4 Å². The first-order valence-electron chi connectivity index (χ1n) is 7.62. The predicted molar refractivity (Wildman–Crippen MR) is 83.7 cm³/mol. The minimum Gasteiger partial charge on any atom is -0.330 e. The molecule has 0 radical (unpaired) electrons. The summed E-state index contributed by atoms with van der Waals surface area (Å²) in [7, 11) is 0. The van der Waals surface area contributed by atoms with Crippen molar-refractivity contribution in [3.63, 3.8) is 0 Å². The van der Waals surface area contributed by atoms with E-state index in [4.69, 9.17) is 17.3 Å². The van der Waals surface area contributed by atoms with Gasteiger partial charge < -0.3 is 5.73 Å². The molecular weight excluding hydrogens is 254 g/mol. The average Bonchev–Trinajstić information content (AvgIpc) is 2.40. The second-order valence-corrected chi connectivity index (χ2v) is 6.67. The lowest BCUT2D eigenvalue weighted by molar-refractivity contribution is 0.234. The SMILES string of the molecule is CC(CCN)CC1(c2ccc(Cl)cc2)CCCCC1. The predicted octanol–water partition coefficient (Wildman–Crippen LogP) is 4.92. The Kier molecular flexibility index (Phi) is 5.29. The fourth-order valence-corrected chi connectivity index (χ4v) is 3.82. The van der Waals surface area contributed by atoms with Crippen LogP contribution in [0.15, 0.2) is 24.3 Å². The van der Waals surface area contributed by atoms with Crippen molar-refractivity contribution >= 4 is 11.6 Å². The largest absolute Gasteiger partial charge is 0.330 e. The Labute approximate surface area is 122 Å². The third-order valence-electron chi connectivity index (χ3n) is 4.67. The van der Waals surface area contributed by atoms with Gasteiger partial charge in [-0.3, -0.25) is 0 Å². The first kappa shape index (κ1) is 14.9. The zero-order chi connectivity index (χ0) is 13.7. The van der Waals surface area contributed by atoms with Crippen LogP contribution >= 0.6 is 11.6 Å². The Hall–Kier alpha value is -0.530. The number of benzene rings is 1. The molecule has 19 heavy (non-hydrogen) atoms. The van der Waals surface area contributed by atoms with Gasteiger partial charge in [-0.2, -0.15) is 0 Å². The molecule has 1 aliphatic rings. The van der Waals surface area contributed by atoms with E-state index < -0.39 is 0 Å². The molecule has 1 aromatic carbocycles. The van der Waals surface area contributed by atoms with Gasteiger partial charge in [0.05, 0.1) is 0 Å². The van der Waals surface area contributed by atoms with E-state index in [9.17, 15) is 0 Å². The van der Waals surface area contributed by atoms with Gasteiger partial charge >= 0.3 is 0 Å². The van der Waals surface area contributed by atoms with Crippen LogP contribution in [0, 0.1) is 5.92 Å². The summed E-state index contributed by atoms with van der Waals surface area (Å²) in [6.07, 6.45) is 9.16. The summed E-state index contributed by atoms with van der Waals surface area (Å²) in [4.78, 5) is 0. The van der Waals surface area contributed by atoms with Crippen LogP contribution in [0.25, 0.3) is 0 Å². The number of hydrogen-bond acceptors (Lipinski definition) is 1. The highest BCUT2D eigenvalue weighted by molar-refractivity contribution is 6.30. The summed E-state index contributed by atoms with van der Waals surface area (Å²) >= 11 is 6.03. The molecule has 0 aromatic heterocycles. The molecule has 0 saturated heterocycles. The minimum atomic E-state index is 0.372. The second-order valence-electron chi connectivity index (χ2n) is 6.23. The molecule has 0 amide bonds. The molecule has 0 bridgehead atoms. The van der Waals surface area contributed by atoms with Crippen LogP contribution < -0.4 is 5.73 Å². The molecule has 0 spiro atoms. The molecule has 0 heterocycles. The highest BCUT2D eigenvalue weighted by Crippen LogP contribution is 2.44. The van der Waals surface area contributed by atoms with Crippen LogP contribution in [-0.4, -0.2) is 6.54 Å². The van der Waals surface area contributed by atoms with Crippen molar-refractivity contribution in [2.75, 3.05) is 6.54 Å².